The van der Waals surface area contributed by atoms with Crippen molar-refractivity contribution in [2.75, 3.05) is 31.6 Å². The van der Waals surface area contributed by atoms with Crippen LogP contribution in [-0.2, 0) is 14.8 Å². The monoisotopic (exact) mass is 436 g/mol. The molecule has 0 bridgehead atoms. The first-order valence-electron chi connectivity index (χ1n) is 9.87. The van der Waals surface area contributed by atoms with Crippen LogP contribution in [0, 0.1) is 0 Å². The second kappa shape index (κ2) is 8.86. The van der Waals surface area contributed by atoms with E-state index in [1.807, 2.05) is 0 Å². The Morgan fingerprint density at radius 2 is 1.90 bits per heavy atom. The van der Waals surface area contributed by atoms with Crippen LogP contribution in [0.3, 0.4) is 0 Å². The minimum absolute atomic E-state index is 0.104. The van der Waals surface area contributed by atoms with Gasteiger partial charge in [-0.15, -0.1) is 10.2 Å². The lowest BCUT2D eigenvalue weighted by Gasteiger charge is -2.26. The van der Waals surface area contributed by atoms with Crippen LogP contribution >= 0.6 is 11.3 Å². The van der Waals surface area contributed by atoms with E-state index in [1.54, 1.807) is 12.1 Å². The number of carbonyl (C=O) groups excluding carboxylic acids is 1. The maximum atomic E-state index is 12.8. The van der Waals surface area contributed by atoms with Gasteiger partial charge < -0.3 is 4.74 Å². The van der Waals surface area contributed by atoms with Crippen LogP contribution in [0.15, 0.2) is 29.2 Å². The summed E-state index contributed by atoms with van der Waals surface area (Å²) in [5.74, 6) is 0.0317. The summed E-state index contributed by atoms with van der Waals surface area (Å²) in [6.45, 7) is 1.38. The van der Waals surface area contributed by atoms with Crippen LogP contribution in [0.1, 0.15) is 53.4 Å². The van der Waals surface area contributed by atoms with E-state index in [0.29, 0.717) is 37.4 Å². The van der Waals surface area contributed by atoms with Gasteiger partial charge in [0.2, 0.25) is 15.2 Å². The Labute approximate surface area is 174 Å². The number of nitrogens with one attached hydrogen (secondary N) is 1. The second-order valence-electron chi connectivity index (χ2n) is 7.28. The summed E-state index contributed by atoms with van der Waals surface area (Å²) >= 11 is 1.40. The van der Waals surface area contributed by atoms with Gasteiger partial charge >= 0.3 is 0 Å². The molecular formula is C19H24N4O4S2. The van der Waals surface area contributed by atoms with Gasteiger partial charge in [0.1, 0.15) is 5.01 Å². The van der Waals surface area contributed by atoms with Crippen molar-refractivity contribution < 1.29 is 17.9 Å². The highest BCUT2D eigenvalue weighted by molar-refractivity contribution is 7.89. The Kier molecular flexibility index (Phi) is 6.23. The molecular weight excluding hydrogens is 412 g/mol. The van der Waals surface area contributed by atoms with E-state index in [0.717, 1.165) is 17.8 Å². The Hall–Kier alpha value is -1.88. The van der Waals surface area contributed by atoms with Crippen molar-refractivity contribution in [1.82, 2.24) is 14.5 Å². The molecule has 4 rings (SSSR count). The molecule has 8 nitrogen and oxygen atoms in total. The Morgan fingerprint density at radius 3 is 2.66 bits per heavy atom. The molecule has 0 radical (unpaired) electrons. The van der Waals surface area contributed by atoms with Crippen LogP contribution in [-0.4, -0.2) is 55.1 Å². The lowest BCUT2D eigenvalue weighted by atomic mass is 9.90. The Balaban J connectivity index is 1.47. The third-order valence-electron chi connectivity index (χ3n) is 5.32. The van der Waals surface area contributed by atoms with Crippen molar-refractivity contribution in [3.63, 3.8) is 0 Å². The number of ether oxygens (including phenoxy) is 1. The minimum Gasteiger partial charge on any atom is -0.379 e. The van der Waals surface area contributed by atoms with Crippen molar-refractivity contribution in [2.45, 2.75) is 42.9 Å². The van der Waals surface area contributed by atoms with Crippen LogP contribution in [0.2, 0.25) is 0 Å². The number of sulfonamides is 1. The molecule has 2 heterocycles. The number of nitrogens with zero attached hydrogens (tertiary/aromatic N) is 3. The van der Waals surface area contributed by atoms with Gasteiger partial charge in [0, 0.05) is 24.6 Å². The van der Waals surface area contributed by atoms with Crippen LogP contribution < -0.4 is 5.32 Å². The maximum Gasteiger partial charge on any atom is 0.257 e. The molecule has 1 aliphatic heterocycles. The van der Waals surface area contributed by atoms with Crippen molar-refractivity contribution >= 4 is 32.4 Å². The maximum absolute atomic E-state index is 12.8. The van der Waals surface area contributed by atoms with Crippen molar-refractivity contribution in [1.29, 1.82) is 0 Å². The summed E-state index contributed by atoms with van der Waals surface area (Å²) in [6, 6.07) is 6.09. The minimum atomic E-state index is -3.65. The summed E-state index contributed by atoms with van der Waals surface area (Å²) in [5, 5.41) is 12.5. The van der Waals surface area contributed by atoms with Gasteiger partial charge in [-0.2, -0.15) is 4.31 Å². The summed E-state index contributed by atoms with van der Waals surface area (Å²) in [5.41, 5.74) is 0.272. The zero-order valence-electron chi connectivity index (χ0n) is 16.0. The molecule has 2 aliphatic rings. The molecule has 1 aliphatic carbocycles. The fourth-order valence-electron chi connectivity index (χ4n) is 3.70. The molecule has 1 N–H and O–H groups in total. The summed E-state index contributed by atoms with van der Waals surface area (Å²) in [7, 11) is -3.65. The summed E-state index contributed by atoms with van der Waals surface area (Å²) in [4.78, 5) is 12.8. The summed E-state index contributed by atoms with van der Waals surface area (Å²) < 4.78 is 32.2. The van der Waals surface area contributed by atoms with E-state index in [4.69, 9.17) is 4.74 Å². The zero-order chi connectivity index (χ0) is 20.3. The first-order valence-corrected chi connectivity index (χ1v) is 12.1. The Morgan fingerprint density at radius 1 is 1.14 bits per heavy atom. The fourth-order valence-corrected chi connectivity index (χ4v) is 6.06. The second-order valence-corrected chi connectivity index (χ2v) is 10.2. The number of aromatic nitrogens is 2. The molecule has 2 aromatic rings. The average Bonchev–Trinajstić information content (AvgIpc) is 3.23. The lowest BCUT2D eigenvalue weighted by Crippen LogP contribution is -2.40. The Bertz CT molecular complexity index is 964. The van der Waals surface area contributed by atoms with Gasteiger partial charge in [-0.3, -0.25) is 10.1 Å². The standard InChI is InChI=1S/C19H24N4O4S2/c24-17(20-19-22-21-18(28-19)14-5-2-1-3-6-14)15-7-4-8-16(13-15)29(25,26)23-9-11-27-12-10-23/h4,7-8,13-14H,1-3,5-6,9-12H2,(H,20,22,24). The third kappa shape index (κ3) is 4.66. The molecule has 1 amide bonds. The summed E-state index contributed by atoms with van der Waals surface area (Å²) in [6.07, 6.45) is 5.91. The van der Waals surface area contributed by atoms with Crippen molar-refractivity contribution in [3.05, 3.63) is 34.8 Å². The molecule has 10 heteroatoms. The number of carbonyl (C=O) groups is 1. The van der Waals surface area contributed by atoms with Gasteiger partial charge in [0.25, 0.3) is 5.91 Å². The van der Waals surface area contributed by atoms with Gasteiger partial charge in [0.15, 0.2) is 0 Å². The molecule has 1 aromatic heterocycles. The molecule has 0 spiro atoms. The topological polar surface area (TPSA) is 101 Å². The first-order chi connectivity index (χ1) is 14.0. The molecule has 0 unspecified atom stereocenters. The first kappa shape index (κ1) is 20.4. The van der Waals surface area contributed by atoms with Gasteiger partial charge in [-0.05, 0) is 31.0 Å². The SMILES string of the molecule is O=C(Nc1nnc(C2CCCCC2)s1)c1cccc(S(=O)(=O)N2CCOCC2)c1. The predicted octanol–water partition coefficient (Wildman–Crippen LogP) is 2.86. The molecule has 1 saturated heterocycles. The normalized spacial score (nSPS) is 19.2. The van der Waals surface area contributed by atoms with E-state index in [9.17, 15) is 13.2 Å². The fraction of sp³-hybridized carbons (Fsp3) is 0.526. The van der Waals surface area contributed by atoms with E-state index in [1.165, 1.54) is 47.0 Å². The zero-order valence-corrected chi connectivity index (χ0v) is 17.7. The predicted molar refractivity (Wildman–Crippen MR) is 110 cm³/mol. The highest BCUT2D eigenvalue weighted by Gasteiger charge is 2.27. The highest BCUT2D eigenvalue weighted by Crippen LogP contribution is 2.35. The number of morpholine rings is 1. The lowest BCUT2D eigenvalue weighted by molar-refractivity contribution is 0.0730. The molecule has 0 atom stereocenters. The third-order valence-corrected chi connectivity index (χ3v) is 8.22. The van der Waals surface area contributed by atoms with Gasteiger partial charge in [-0.1, -0.05) is 36.7 Å². The molecule has 1 saturated carbocycles. The highest BCUT2D eigenvalue weighted by atomic mass is 32.2. The van der Waals surface area contributed by atoms with Crippen molar-refractivity contribution in [2.24, 2.45) is 0 Å². The van der Waals surface area contributed by atoms with E-state index < -0.39 is 15.9 Å². The number of anilines is 1. The number of amides is 1. The smallest absolute Gasteiger partial charge is 0.257 e. The van der Waals surface area contributed by atoms with Crippen LogP contribution in [0.4, 0.5) is 5.13 Å². The van der Waals surface area contributed by atoms with E-state index in [2.05, 4.69) is 15.5 Å². The van der Waals surface area contributed by atoms with Crippen LogP contribution in [0.5, 0.6) is 0 Å². The number of hydrogen-bond acceptors (Lipinski definition) is 7. The number of hydrogen-bond donors (Lipinski definition) is 1. The largest absolute Gasteiger partial charge is 0.379 e. The van der Waals surface area contributed by atoms with Crippen molar-refractivity contribution in [3.8, 4) is 0 Å². The van der Waals surface area contributed by atoms with E-state index in [-0.39, 0.29) is 10.5 Å². The van der Waals surface area contributed by atoms with Crippen LogP contribution in [0.25, 0.3) is 0 Å². The number of benzene rings is 1. The van der Waals surface area contributed by atoms with Gasteiger partial charge in [-0.25, -0.2) is 8.42 Å². The number of rotatable bonds is 5. The van der Waals surface area contributed by atoms with E-state index >= 15 is 0 Å². The molecule has 29 heavy (non-hydrogen) atoms. The molecule has 156 valence electrons. The molecule has 2 fully saturated rings. The van der Waals surface area contributed by atoms with Gasteiger partial charge in [0.05, 0.1) is 18.1 Å². The quantitative estimate of drug-likeness (QED) is 0.773. The average molecular weight is 437 g/mol. The molecule has 1 aromatic carbocycles.